The third kappa shape index (κ3) is 3.32. The Labute approximate surface area is 161 Å². The summed E-state index contributed by atoms with van der Waals surface area (Å²) in [5.41, 5.74) is 3.86. The number of benzene rings is 1. The fourth-order valence-electron chi connectivity index (χ4n) is 4.83. The van der Waals surface area contributed by atoms with Gasteiger partial charge in [0, 0.05) is 19.0 Å². The number of aryl methyl sites for hydroxylation is 1. The van der Waals surface area contributed by atoms with Gasteiger partial charge in [0.2, 0.25) is 5.91 Å². The number of cyclic esters (lactones) is 1. The van der Waals surface area contributed by atoms with E-state index in [-0.39, 0.29) is 23.5 Å². The molecule has 5 nitrogen and oxygen atoms in total. The second-order valence-corrected chi connectivity index (χ2v) is 9.19. The number of hydrogen-bond donors (Lipinski definition) is 1. The zero-order chi connectivity index (χ0) is 19.3. The molecule has 3 fully saturated rings. The lowest BCUT2D eigenvalue weighted by Crippen LogP contribution is -2.59. The van der Waals surface area contributed by atoms with Crippen molar-refractivity contribution in [1.82, 2.24) is 10.2 Å². The summed E-state index contributed by atoms with van der Waals surface area (Å²) < 4.78 is 5.00. The van der Waals surface area contributed by atoms with Crippen molar-refractivity contribution < 1.29 is 14.3 Å². The number of carbonyl (C=O) groups is 2. The zero-order valence-electron chi connectivity index (χ0n) is 16.7. The minimum atomic E-state index is -0.352. The predicted molar refractivity (Wildman–Crippen MR) is 104 cm³/mol. The predicted octanol–water partition coefficient (Wildman–Crippen LogP) is 3.71. The van der Waals surface area contributed by atoms with E-state index in [0.717, 1.165) is 12.8 Å². The molecule has 1 aromatic carbocycles. The van der Waals surface area contributed by atoms with Gasteiger partial charge in [-0.1, -0.05) is 37.6 Å². The Morgan fingerprint density at radius 3 is 2.56 bits per heavy atom. The van der Waals surface area contributed by atoms with Crippen LogP contribution in [-0.2, 0) is 9.53 Å². The molecule has 27 heavy (non-hydrogen) atoms. The van der Waals surface area contributed by atoms with E-state index in [9.17, 15) is 9.59 Å². The van der Waals surface area contributed by atoms with Gasteiger partial charge in [0.1, 0.15) is 6.61 Å². The molecule has 0 radical (unpaired) electrons. The summed E-state index contributed by atoms with van der Waals surface area (Å²) in [5.74, 6) is 1.33. The minimum absolute atomic E-state index is 0.0163. The lowest BCUT2D eigenvalue weighted by molar-refractivity contribution is -0.143. The Kier molecular flexibility index (Phi) is 4.44. The van der Waals surface area contributed by atoms with E-state index in [4.69, 9.17) is 4.74 Å². The Hall–Kier alpha value is -2.04. The van der Waals surface area contributed by atoms with Crippen LogP contribution >= 0.6 is 0 Å². The molecule has 2 saturated carbocycles. The highest BCUT2D eigenvalue weighted by Gasteiger charge is 2.53. The molecule has 1 N–H and O–H groups in total. The first-order valence-electron chi connectivity index (χ1n) is 10.1. The monoisotopic (exact) mass is 370 g/mol. The second kappa shape index (κ2) is 6.54. The van der Waals surface area contributed by atoms with E-state index in [2.05, 4.69) is 44.3 Å². The van der Waals surface area contributed by atoms with Gasteiger partial charge in [0.15, 0.2) is 0 Å². The van der Waals surface area contributed by atoms with E-state index in [0.29, 0.717) is 37.3 Å². The molecular weight excluding hydrogens is 340 g/mol. The molecular formula is C22H30N2O3. The molecule has 1 saturated heterocycles. The molecule has 0 unspecified atom stereocenters. The van der Waals surface area contributed by atoms with Crippen LogP contribution in [0.4, 0.5) is 4.79 Å². The number of ether oxygens (including phenoxy) is 1. The fraction of sp³-hybridized carbons (Fsp3) is 0.636. The molecule has 0 aromatic heterocycles. The highest BCUT2D eigenvalue weighted by molar-refractivity contribution is 5.81. The molecule has 0 bridgehead atoms. The Morgan fingerprint density at radius 1 is 1.26 bits per heavy atom. The number of carbonyl (C=O) groups excluding carboxylic acids is 2. The van der Waals surface area contributed by atoms with Gasteiger partial charge in [0.05, 0.1) is 5.54 Å². The van der Waals surface area contributed by atoms with E-state index < -0.39 is 0 Å². The van der Waals surface area contributed by atoms with E-state index >= 15 is 0 Å². The van der Waals surface area contributed by atoms with Crippen LogP contribution in [0.25, 0.3) is 0 Å². The quantitative estimate of drug-likeness (QED) is 0.879. The molecule has 5 heteroatoms. The Bertz CT molecular complexity index is 761. The number of amides is 2. The molecule has 1 spiro atoms. The average molecular weight is 370 g/mol. The van der Waals surface area contributed by atoms with Crippen molar-refractivity contribution in [3.05, 3.63) is 34.9 Å². The first-order chi connectivity index (χ1) is 12.8. The van der Waals surface area contributed by atoms with E-state index in [1.165, 1.54) is 16.7 Å². The Balaban J connectivity index is 1.32. The standard InChI is InChI=1S/C22H30N2O3/c1-13(2)15-5-14(3)6-16(7-15)17-8-19(9-17)24(4)20(25)18-10-22(11-18)12-27-21(26)23-22/h5-7,13,17-19H,8-12H2,1-4H3,(H,23,26)/t17-,18-,19+,22+. The van der Waals surface area contributed by atoms with Gasteiger partial charge in [-0.25, -0.2) is 4.79 Å². The molecule has 4 rings (SSSR count). The molecule has 146 valence electrons. The van der Waals surface area contributed by atoms with Gasteiger partial charge in [-0.3, -0.25) is 4.79 Å². The molecule has 3 aliphatic rings. The Morgan fingerprint density at radius 2 is 1.96 bits per heavy atom. The average Bonchev–Trinajstić information content (AvgIpc) is 2.93. The topological polar surface area (TPSA) is 58.6 Å². The van der Waals surface area contributed by atoms with Crippen molar-refractivity contribution in [3.63, 3.8) is 0 Å². The summed E-state index contributed by atoms with van der Waals surface area (Å²) in [7, 11) is 1.94. The van der Waals surface area contributed by atoms with E-state index in [1.807, 2.05) is 11.9 Å². The molecule has 1 aromatic rings. The van der Waals surface area contributed by atoms with Gasteiger partial charge in [-0.2, -0.15) is 0 Å². The van der Waals surface area contributed by atoms with Gasteiger partial charge in [0.25, 0.3) is 0 Å². The number of nitrogens with zero attached hydrogens (tertiary/aromatic N) is 1. The highest BCUT2D eigenvalue weighted by Crippen LogP contribution is 2.44. The van der Waals surface area contributed by atoms with Gasteiger partial charge >= 0.3 is 6.09 Å². The van der Waals surface area contributed by atoms with Crippen molar-refractivity contribution in [2.75, 3.05) is 13.7 Å². The fourth-order valence-corrected chi connectivity index (χ4v) is 4.83. The third-order valence-corrected chi connectivity index (χ3v) is 6.74. The third-order valence-electron chi connectivity index (χ3n) is 6.74. The largest absolute Gasteiger partial charge is 0.447 e. The van der Waals surface area contributed by atoms with Crippen molar-refractivity contribution >= 4 is 12.0 Å². The molecule has 2 aliphatic carbocycles. The van der Waals surface area contributed by atoms with Crippen LogP contribution in [-0.4, -0.2) is 42.1 Å². The van der Waals surface area contributed by atoms with Crippen LogP contribution in [0.3, 0.4) is 0 Å². The van der Waals surface area contributed by atoms with Gasteiger partial charge in [-0.15, -0.1) is 0 Å². The maximum Gasteiger partial charge on any atom is 0.407 e. The van der Waals surface area contributed by atoms with Gasteiger partial charge in [-0.05, 0) is 55.6 Å². The summed E-state index contributed by atoms with van der Waals surface area (Å²) in [6.45, 7) is 7.03. The van der Waals surface area contributed by atoms with Crippen LogP contribution in [0.2, 0.25) is 0 Å². The summed E-state index contributed by atoms with van der Waals surface area (Å²) >= 11 is 0. The molecule has 2 amide bonds. The van der Waals surface area contributed by atoms with Crippen molar-refractivity contribution in [2.24, 2.45) is 5.92 Å². The lowest BCUT2D eigenvalue weighted by atomic mass is 9.67. The summed E-state index contributed by atoms with van der Waals surface area (Å²) in [5, 5.41) is 2.86. The minimum Gasteiger partial charge on any atom is -0.447 e. The maximum absolute atomic E-state index is 12.8. The smallest absolute Gasteiger partial charge is 0.407 e. The molecule has 0 atom stereocenters. The van der Waals surface area contributed by atoms with Crippen molar-refractivity contribution in [3.8, 4) is 0 Å². The number of rotatable bonds is 4. The lowest BCUT2D eigenvalue weighted by Gasteiger charge is -2.47. The first kappa shape index (κ1) is 18.3. The van der Waals surface area contributed by atoms with Crippen molar-refractivity contribution in [2.45, 2.75) is 69.9 Å². The van der Waals surface area contributed by atoms with Crippen LogP contribution in [0, 0.1) is 12.8 Å². The van der Waals surface area contributed by atoms with Crippen LogP contribution in [0.15, 0.2) is 18.2 Å². The normalized spacial score (nSPS) is 31.9. The van der Waals surface area contributed by atoms with Crippen LogP contribution in [0.1, 0.15) is 68.1 Å². The zero-order valence-corrected chi connectivity index (χ0v) is 16.7. The first-order valence-corrected chi connectivity index (χ1v) is 10.1. The number of alkyl carbamates (subject to hydrolysis) is 1. The summed E-state index contributed by atoms with van der Waals surface area (Å²) in [6, 6.07) is 7.25. The second-order valence-electron chi connectivity index (χ2n) is 9.19. The van der Waals surface area contributed by atoms with Crippen LogP contribution < -0.4 is 5.32 Å². The summed E-state index contributed by atoms with van der Waals surface area (Å²) in [4.78, 5) is 26.0. The van der Waals surface area contributed by atoms with E-state index in [1.54, 1.807) is 0 Å². The molecule has 1 heterocycles. The summed E-state index contributed by atoms with van der Waals surface area (Å²) in [6.07, 6.45) is 3.14. The number of nitrogens with one attached hydrogen (secondary N) is 1. The van der Waals surface area contributed by atoms with Crippen LogP contribution in [0.5, 0.6) is 0 Å². The van der Waals surface area contributed by atoms with Crippen molar-refractivity contribution in [1.29, 1.82) is 0 Å². The molecule has 1 aliphatic heterocycles. The highest BCUT2D eigenvalue weighted by atomic mass is 16.6. The maximum atomic E-state index is 12.8. The van der Waals surface area contributed by atoms with Gasteiger partial charge < -0.3 is 15.0 Å². The number of hydrogen-bond acceptors (Lipinski definition) is 3. The SMILES string of the molecule is Cc1cc(C(C)C)cc([C@H]2C[C@@H](N(C)C(=O)[C@H]3C[C@]4(COC(=O)N4)C3)C2)c1.